The lowest BCUT2D eigenvalue weighted by atomic mass is 10.2. The molecule has 5 nitrogen and oxygen atoms in total. The zero-order valence-corrected chi connectivity index (χ0v) is 11.0. The molecule has 1 aliphatic rings. The number of aromatic nitrogens is 1. The Kier molecular flexibility index (Phi) is 4.15. The first-order valence-electron chi connectivity index (χ1n) is 6.29. The number of carbonyl (C=O) groups excluding carboxylic acids is 1. The Labute approximate surface area is 108 Å². The fourth-order valence-corrected chi connectivity index (χ4v) is 2.19. The number of hydrogen-bond donors (Lipinski definition) is 1. The maximum atomic E-state index is 11.2. The smallest absolute Gasteiger partial charge is 0.219 e. The quantitative estimate of drug-likeness (QED) is 0.859. The minimum Gasteiger partial charge on any atom is -0.373 e. The number of piperazine rings is 1. The Morgan fingerprint density at radius 3 is 2.72 bits per heavy atom. The topological polar surface area (TPSA) is 48.5 Å². The van der Waals surface area contributed by atoms with E-state index in [4.69, 9.17) is 0 Å². The van der Waals surface area contributed by atoms with Gasteiger partial charge < -0.3 is 10.2 Å². The second-order valence-electron chi connectivity index (χ2n) is 4.58. The lowest BCUT2D eigenvalue weighted by Crippen LogP contribution is -2.47. The summed E-state index contributed by atoms with van der Waals surface area (Å²) >= 11 is 0. The molecular weight excluding hydrogens is 228 g/mol. The molecule has 1 aromatic rings. The van der Waals surface area contributed by atoms with Gasteiger partial charge in [0.1, 0.15) is 5.82 Å². The van der Waals surface area contributed by atoms with Crippen LogP contribution in [0.25, 0.3) is 0 Å². The van der Waals surface area contributed by atoms with E-state index in [1.807, 2.05) is 24.2 Å². The van der Waals surface area contributed by atoms with Gasteiger partial charge in [0.05, 0.1) is 0 Å². The van der Waals surface area contributed by atoms with Crippen molar-refractivity contribution in [2.24, 2.45) is 0 Å². The fraction of sp³-hybridized carbons (Fsp3) is 0.538. The monoisotopic (exact) mass is 248 g/mol. The van der Waals surface area contributed by atoms with E-state index in [9.17, 15) is 4.79 Å². The second-order valence-corrected chi connectivity index (χ2v) is 4.58. The molecule has 0 spiro atoms. The second kappa shape index (κ2) is 5.82. The van der Waals surface area contributed by atoms with Crippen LogP contribution in [0.5, 0.6) is 0 Å². The average molecular weight is 248 g/mol. The molecule has 0 atom stereocenters. The van der Waals surface area contributed by atoms with Crippen molar-refractivity contribution < 1.29 is 4.79 Å². The highest BCUT2D eigenvalue weighted by molar-refractivity contribution is 5.73. The summed E-state index contributed by atoms with van der Waals surface area (Å²) in [5.41, 5.74) is 1.26. The van der Waals surface area contributed by atoms with Gasteiger partial charge in [-0.05, 0) is 17.7 Å². The molecule has 1 aliphatic heterocycles. The minimum atomic E-state index is 0.177. The molecule has 1 aromatic heterocycles. The van der Waals surface area contributed by atoms with Gasteiger partial charge in [0, 0.05) is 52.9 Å². The van der Waals surface area contributed by atoms with Crippen LogP contribution in [-0.2, 0) is 11.3 Å². The highest BCUT2D eigenvalue weighted by Crippen LogP contribution is 2.11. The third-order valence-electron chi connectivity index (χ3n) is 3.30. The van der Waals surface area contributed by atoms with Crippen LogP contribution >= 0.6 is 0 Å². The number of pyridine rings is 1. The van der Waals surface area contributed by atoms with Crippen molar-refractivity contribution in [2.45, 2.75) is 13.5 Å². The Balaban J connectivity index is 1.89. The van der Waals surface area contributed by atoms with Gasteiger partial charge in [-0.3, -0.25) is 9.69 Å². The molecule has 1 saturated heterocycles. The summed E-state index contributed by atoms with van der Waals surface area (Å²) in [6.45, 7) is 6.10. The van der Waals surface area contributed by atoms with Gasteiger partial charge in [-0.1, -0.05) is 0 Å². The van der Waals surface area contributed by atoms with Crippen LogP contribution in [0.3, 0.4) is 0 Å². The summed E-state index contributed by atoms with van der Waals surface area (Å²) in [6.07, 6.45) is 1.83. The van der Waals surface area contributed by atoms with E-state index in [-0.39, 0.29) is 5.91 Å². The van der Waals surface area contributed by atoms with Crippen molar-refractivity contribution in [2.75, 3.05) is 38.5 Å². The fourth-order valence-electron chi connectivity index (χ4n) is 2.19. The first-order valence-corrected chi connectivity index (χ1v) is 6.29. The Hall–Kier alpha value is -1.62. The van der Waals surface area contributed by atoms with Gasteiger partial charge in [0.2, 0.25) is 5.91 Å². The minimum absolute atomic E-state index is 0.177. The summed E-state index contributed by atoms with van der Waals surface area (Å²) in [6, 6.07) is 4.11. The zero-order valence-electron chi connectivity index (χ0n) is 11.0. The molecule has 0 bridgehead atoms. The van der Waals surface area contributed by atoms with E-state index in [0.717, 1.165) is 38.5 Å². The van der Waals surface area contributed by atoms with Crippen LogP contribution in [0.15, 0.2) is 18.3 Å². The van der Waals surface area contributed by atoms with Gasteiger partial charge in [-0.15, -0.1) is 0 Å². The maximum Gasteiger partial charge on any atom is 0.219 e. The molecule has 2 rings (SSSR count). The van der Waals surface area contributed by atoms with Crippen LogP contribution in [0, 0.1) is 0 Å². The number of amides is 1. The first-order chi connectivity index (χ1) is 8.69. The Bertz CT molecular complexity index is 413. The van der Waals surface area contributed by atoms with Crippen molar-refractivity contribution in [1.82, 2.24) is 14.8 Å². The van der Waals surface area contributed by atoms with Crippen LogP contribution in [-0.4, -0.2) is 53.9 Å². The lowest BCUT2D eigenvalue weighted by molar-refractivity contribution is -0.130. The van der Waals surface area contributed by atoms with E-state index in [1.165, 1.54) is 5.56 Å². The van der Waals surface area contributed by atoms with Crippen molar-refractivity contribution >= 4 is 11.7 Å². The molecule has 5 heteroatoms. The molecule has 18 heavy (non-hydrogen) atoms. The lowest BCUT2D eigenvalue weighted by Gasteiger charge is -2.34. The van der Waals surface area contributed by atoms with E-state index in [2.05, 4.69) is 21.3 Å². The summed E-state index contributed by atoms with van der Waals surface area (Å²) in [5, 5.41) is 3.04. The molecule has 0 aliphatic carbocycles. The van der Waals surface area contributed by atoms with E-state index >= 15 is 0 Å². The third-order valence-corrected chi connectivity index (χ3v) is 3.30. The molecule has 1 amide bonds. The summed E-state index contributed by atoms with van der Waals surface area (Å²) in [4.78, 5) is 19.7. The molecule has 0 saturated carbocycles. The number of rotatable bonds is 3. The van der Waals surface area contributed by atoms with Gasteiger partial charge in [0.15, 0.2) is 0 Å². The number of nitrogens with zero attached hydrogens (tertiary/aromatic N) is 3. The van der Waals surface area contributed by atoms with Crippen molar-refractivity contribution in [1.29, 1.82) is 0 Å². The number of nitrogens with one attached hydrogen (secondary N) is 1. The SMILES string of the molecule is CNc1cc(CN2CCN(C(C)=O)CC2)ccn1. The molecule has 0 aromatic carbocycles. The first kappa shape index (κ1) is 12.8. The summed E-state index contributed by atoms with van der Waals surface area (Å²) < 4.78 is 0. The predicted octanol–water partition coefficient (Wildman–Crippen LogP) is 0.787. The summed E-state index contributed by atoms with van der Waals surface area (Å²) in [7, 11) is 1.87. The molecule has 0 radical (unpaired) electrons. The van der Waals surface area contributed by atoms with Gasteiger partial charge in [-0.2, -0.15) is 0 Å². The average Bonchev–Trinajstić information content (AvgIpc) is 2.39. The predicted molar refractivity (Wildman–Crippen MR) is 71.3 cm³/mol. The van der Waals surface area contributed by atoms with Gasteiger partial charge in [-0.25, -0.2) is 4.98 Å². The third kappa shape index (κ3) is 3.20. The van der Waals surface area contributed by atoms with E-state index in [1.54, 1.807) is 6.92 Å². The maximum absolute atomic E-state index is 11.2. The van der Waals surface area contributed by atoms with Crippen molar-refractivity contribution in [3.8, 4) is 0 Å². The molecular formula is C13H20N4O. The largest absolute Gasteiger partial charge is 0.373 e. The standard InChI is InChI=1S/C13H20N4O/c1-11(18)17-7-5-16(6-8-17)10-12-3-4-15-13(9-12)14-2/h3-4,9H,5-8,10H2,1-2H3,(H,14,15). The zero-order chi connectivity index (χ0) is 13.0. The molecule has 98 valence electrons. The number of carbonyl (C=O) groups is 1. The van der Waals surface area contributed by atoms with E-state index < -0.39 is 0 Å². The summed E-state index contributed by atoms with van der Waals surface area (Å²) in [5.74, 6) is 1.07. The number of anilines is 1. The molecule has 1 fully saturated rings. The van der Waals surface area contributed by atoms with Crippen LogP contribution in [0.2, 0.25) is 0 Å². The molecule has 1 N–H and O–H groups in total. The number of hydrogen-bond acceptors (Lipinski definition) is 4. The van der Waals surface area contributed by atoms with Crippen LogP contribution in [0.4, 0.5) is 5.82 Å². The van der Waals surface area contributed by atoms with Crippen molar-refractivity contribution in [3.05, 3.63) is 23.9 Å². The molecule has 0 unspecified atom stereocenters. The Morgan fingerprint density at radius 2 is 2.11 bits per heavy atom. The van der Waals surface area contributed by atoms with Crippen molar-refractivity contribution in [3.63, 3.8) is 0 Å². The Morgan fingerprint density at radius 1 is 1.39 bits per heavy atom. The van der Waals surface area contributed by atoms with Crippen LogP contribution < -0.4 is 5.32 Å². The van der Waals surface area contributed by atoms with Crippen LogP contribution in [0.1, 0.15) is 12.5 Å². The normalized spacial score (nSPS) is 16.7. The highest BCUT2D eigenvalue weighted by Gasteiger charge is 2.18. The van der Waals surface area contributed by atoms with Gasteiger partial charge in [0.25, 0.3) is 0 Å². The van der Waals surface area contributed by atoms with Gasteiger partial charge >= 0.3 is 0 Å². The molecule has 2 heterocycles. The van der Waals surface area contributed by atoms with E-state index in [0.29, 0.717) is 0 Å². The highest BCUT2D eigenvalue weighted by atomic mass is 16.2.